The fraction of sp³-hybridized carbons (Fsp3) is 0.550. The molecule has 0 aromatic heterocycles. The van der Waals surface area contributed by atoms with E-state index in [0.29, 0.717) is 30.2 Å². The number of nitrogens with one attached hydrogen (secondary N) is 1. The number of carbonyl (C=O) groups excluding carboxylic acids is 2. The van der Waals surface area contributed by atoms with Gasteiger partial charge in [0, 0.05) is 30.9 Å². The van der Waals surface area contributed by atoms with Gasteiger partial charge in [0.05, 0.1) is 29.8 Å². The monoisotopic (exact) mass is 435 g/mol. The van der Waals surface area contributed by atoms with Crippen LogP contribution >= 0.6 is 0 Å². The Hall–Kier alpha value is -2.62. The molecule has 0 spiro atoms. The first kappa shape index (κ1) is 20.6. The summed E-state index contributed by atoms with van der Waals surface area (Å²) in [5, 5.41) is 8.22. The number of hydrazone groups is 1. The normalized spacial score (nSPS) is 24.8. The van der Waals surface area contributed by atoms with Gasteiger partial charge >= 0.3 is 0 Å². The van der Waals surface area contributed by atoms with E-state index in [2.05, 4.69) is 10.4 Å². The second kappa shape index (κ2) is 7.90. The van der Waals surface area contributed by atoms with Crippen molar-refractivity contribution in [3.8, 4) is 11.5 Å². The molecule has 0 aliphatic carbocycles. The fourth-order valence-electron chi connectivity index (χ4n) is 3.99. The van der Waals surface area contributed by atoms with Crippen LogP contribution in [0.5, 0.6) is 11.5 Å². The SMILES string of the molecule is CCOc1cc2c(cc1NC(=O)C1=NN([C@H]3CCS(=O)(=O)C3)C(=O)CC1)O[C@@H](C)C2. The summed E-state index contributed by atoms with van der Waals surface area (Å²) in [5.74, 6) is 0.465. The van der Waals surface area contributed by atoms with Crippen LogP contribution < -0.4 is 14.8 Å². The summed E-state index contributed by atoms with van der Waals surface area (Å²) in [4.78, 5) is 25.2. The van der Waals surface area contributed by atoms with E-state index in [-0.39, 0.29) is 42.1 Å². The van der Waals surface area contributed by atoms with Crippen molar-refractivity contribution in [1.82, 2.24) is 5.01 Å². The molecular weight excluding hydrogens is 410 g/mol. The van der Waals surface area contributed by atoms with E-state index in [1.165, 1.54) is 5.01 Å². The van der Waals surface area contributed by atoms with Crippen LogP contribution in [0.1, 0.15) is 38.7 Å². The molecule has 3 heterocycles. The van der Waals surface area contributed by atoms with Gasteiger partial charge in [-0.1, -0.05) is 0 Å². The molecule has 1 fully saturated rings. The van der Waals surface area contributed by atoms with Gasteiger partial charge in [-0.25, -0.2) is 13.4 Å². The Kier molecular flexibility index (Phi) is 5.44. The molecule has 1 aromatic rings. The molecule has 0 bridgehead atoms. The molecule has 3 aliphatic heterocycles. The van der Waals surface area contributed by atoms with Gasteiger partial charge in [-0.3, -0.25) is 9.59 Å². The molecule has 3 aliphatic rings. The number of ether oxygens (including phenoxy) is 2. The lowest BCUT2D eigenvalue weighted by atomic mass is 10.1. The predicted molar refractivity (Wildman–Crippen MR) is 111 cm³/mol. The zero-order valence-corrected chi connectivity index (χ0v) is 17.8. The highest BCUT2D eigenvalue weighted by Crippen LogP contribution is 2.38. The zero-order chi connectivity index (χ0) is 21.5. The minimum atomic E-state index is -3.17. The Morgan fingerprint density at radius 1 is 1.37 bits per heavy atom. The summed E-state index contributed by atoms with van der Waals surface area (Å²) in [6.07, 6.45) is 1.49. The number of hydrogen-bond donors (Lipinski definition) is 1. The van der Waals surface area contributed by atoms with Crippen molar-refractivity contribution in [2.45, 2.75) is 51.7 Å². The standard InChI is InChI=1S/C20H25N3O6S/c1-3-28-18-9-13-8-12(2)29-17(13)10-16(18)21-20(25)15-4-5-19(24)23(22-15)14-6-7-30(26,27)11-14/h9-10,12,14H,3-8,11H2,1-2H3,(H,21,25)/t12-,14-/m0/s1. The third-order valence-electron chi connectivity index (χ3n) is 5.42. The highest BCUT2D eigenvalue weighted by Gasteiger charge is 2.37. The molecular formula is C20H25N3O6S. The van der Waals surface area contributed by atoms with Crippen LogP contribution in [0.2, 0.25) is 0 Å². The highest BCUT2D eigenvalue weighted by molar-refractivity contribution is 7.91. The molecule has 4 rings (SSSR count). The summed E-state index contributed by atoms with van der Waals surface area (Å²) in [6, 6.07) is 3.11. The molecule has 0 radical (unpaired) electrons. The Balaban J connectivity index is 1.55. The number of rotatable bonds is 5. The molecule has 1 saturated heterocycles. The largest absolute Gasteiger partial charge is 0.492 e. The number of amides is 2. The van der Waals surface area contributed by atoms with Gasteiger partial charge in [-0.05, 0) is 26.3 Å². The van der Waals surface area contributed by atoms with Crippen LogP contribution in [0.25, 0.3) is 0 Å². The summed E-state index contributed by atoms with van der Waals surface area (Å²) < 4.78 is 35.0. The molecule has 1 aromatic carbocycles. The third-order valence-corrected chi connectivity index (χ3v) is 7.17. The van der Waals surface area contributed by atoms with Crippen LogP contribution in [0.4, 0.5) is 5.69 Å². The Labute approximate surface area is 175 Å². The molecule has 30 heavy (non-hydrogen) atoms. The molecule has 162 valence electrons. The average Bonchev–Trinajstić information content (AvgIpc) is 3.22. The van der Waals surface area contributed by atoms with Gasteiger partial charge < -0.3 is 14.8 Å². The van der Waals surface area contributed by atoms with Gasteiger partial charge in [-0.15, -0.1) is 0 Å². The Bertz CT molecular complexity index is 1020. The van der Waals surface area contributed by atoms with Gasteiger partial charge in [0.15, 0.2) is 9.84 Å². The van der Waals surface area contributed by atoms with Crippen molar-refractivity contribution in [3.63, 3.8) is 0 Å². The molecule has 0 unspecified atom stereocenters. The van der Waals surface area contributed by atoms with Crippen molar-refractivity contribution < 1.29 is 27.5 Å². The number of hydrogen-bond acceptors (Lipinski definition) is 7. The average molecular weight is 436 g/mol. The number of benzene rings is 1. The van der Waals surface area contributed by atoms with Crippen LogP contribution in [0, 0.1) is 0 Å². The minimum Gasteiger partial charge on any atom is -0.492 e. The van der Waals surface area contributed by atoms with E-state index < -0.39 is 21.8 Å². The second-order valence-corrected chi connectivity index (χ2v) is 10.0. The molecule has 1 N–H and O–H groups in total. The maximum absolute atomic E-state index is 12.9. The van der Waals surface area contributed by atoms with Gasteiger partial charge in [-0.2, -0.15) is 5.10 Å². The smallest absolute Gasteiger partial charge is 0.271 e. The van der Waals surface area contributed by atoms with Crippen LogP contribution in [0.15, 0.2) is 17.2 Å². The number of nitrogens with zero attached hydrogens (tertiary/aromatic N) is 2. The first-order valence-corrected chi connectivity index (χ1v) is 12.0. The fourth-order valence-corrected chi connectivity index (χ4v) is 5.69. The molecule has 2 atom stereocenters. The molecule has 2 amide bonds. The molecule has 10 heteroatoms. The van der Waals surface area contributed by atoms with Gasteiger partial charge in [0.1, 0.15) is 23.3 Å². The predicted octanol–water partition coefficient (Wildman–Crippen LogP) is 1.51. The minimum absolute atomic E-state index is 0.0315. The van der Waals surface area contributed by atoms with Crippen molar-refractivity contribution in [3.05, 3.63) is 17.7 Å². The third kappa shape index (κ3) is 4.14. The number of carbonyl (C=O) groups is 2. The zero-order valence-electron chi connectivity index (χ0n) is 17.0. The van der Waals surface area contributed by atoms with Gasteiger partial charge in [0.25, 0.3) is 5.91 Å². The summed E-state index contributed by atoms with van der Waals surface area (Å²) in [5.41, 5.74) is 1.69. The Morgan fingerprint density at radius 2 is 2.17 bits per heavy atom. The van der Waals surface area contributed by atoms with Crippen molar-refractivity contribution >= 4 is 33.1 Å². The van der Waals surface area contributed by atoms with Gasteiger partial charge in [0.2, 0.25) is 5.91 Å². The summed E-state index contributed by atoms with van der Waals surface area (Å²) >= 11 is 0. The first-order chi connectivity index (χ1) is 14.3. The van der Waals surface area contributed by atoms with Crippen LogP contribution in [0.3, 0.4) is 0 Å². The van der Waals surface area contributed by atoms with Crippen molar-refractivity contribution in [1.29, 1.82) is 0 Å². The van der Waals surface area contributed by atoms with E-state index in [0.717, 1.165) is 12.0 Å². The van der Waals surface area contributed by atoms with E-state index in [9.17, 15) is 18.0 Å². The lowest BCUT2D eigenvalue weighted by molar-refractivity contribution is -0.133. The number of anilines is 1. The maximum Gasteiger partial charge on any atom is 0.271 e. The van der Waals surface area contributed by atoms with E-state index in [4.69, 9.17) is 9.47 Å². The number of fused-ring (bicyclic) bond motifs is 1. The lowest BCUT2D eigenvalue weighted by Crippen LogP contribution is -2.42. The molecule has 0 saturated carbocycles. The van der Waals surface area contributed by atoms with E-state index >= 15 is 0 Å². The van der Waals surface area contributed by atoms with Crippen molar-refractivity contribution in [2.24, 2.45) is 5.10 Å². The summed E-state index contributed by atoms with van der Waals surface area (Å²) in [7, 11) is -3.17. The highest BCUT2D eigenvalue weighted by atomic mass is 32.2. The quantitative estimate of drug-likeness (QED) is 0.750. The van der Waals surface area contributed by atoms with E-state index in [1.54, 1.807) is 6.07 Å². The lowest BCUT2D eigenvalue weighted by Gasteiger charge is -2.27. The van der Waals surface area contributed by atoms with Crippen molar-refractivity contribution in [2.75, 3.05) is 23.4 Å². The Morgan fingerprint density at radius 3 is 2.87 bits per heavy atom. The van der Waals surface area contributed by atoms with E-state index in [1.807, 2.05) is 19.9 Å². The molecule has 9 nitrogen and oxygen atoms in total. The van der Waals surface area contributed by atoms with Crippen LogP contribution in [-0.2, 0) is 25.8 Å². The topological polar surface area (TPSA) is 114 Å². The van der Waals surface area contributed by atoms with Crippen LogP contribution in [-0.4, -0.2) is 61.2 Å². The second-order valence-electron chi connectivity index (χ2n) is 7.82. The number of sulfone groups is 1. The first-order valence-electron chi connectivity index (χ1n) is 10.1. The summed E-state index contributed by atoms with van der Waals surface area (Å²) in [6.45, 7) is 4.28. The maximum atomic E-state index is 12.9.